The zero-order valence-electron chi connectivity index (χ0n) is 9.62. The second-order valence-corrected chi connectivity index (χ2v) is 6.04. The lowest BCUT2D eigenvalue weighted by molar-refractivity contribution is -0.146. The van der Waals surface area contributed by atoms with E-state index in [0.717, 1.165) is 4.31 Å². The Balaban J connectivity index is 2.78. The van der Waals surface area contributed by atoms with E-state index in [2.05, 4.69) is 4.74 Å². The van der Waals surface area contributed by atoms with Crippen molar-refractivity contribution in [3.8, 4) is 0 Å². The molecule has 0 aromatic rings. The Labute approximate surface area is 99.4 Å². The first-order chi connectivity index (χ1) is 7.77. The molecule has 0 saturated carbocycles. The van der Waals surface area contributed by atoms with Gasteiger partial charge >= 0.3 is 11.9 Å². The molecule has 1 aliphatic heterocycles. The van der Waals surface area contributed by atoms with Crippen LogP contribution in [0.5, 0.6) is 0 Å². The Bertz CT molecular complexity index is 417. The molecule has 1 heterocycles. The van der Waals surface area contributed by atoms with Crippen molar-refractivity contribution >= 4 is 22.0 Å². The van der Waals surface area contributed by atoms with Gasteiger partial charge in [-0.25, -0.2) is 12.7 Å². The molecule has 1 aliphatic rings. The highest BCUT2D eigenvalue weighted by Crippen LogP contribution is 2.26. The van der Waals surface area contributed by atoms with Crippen LogP contribution in [0.3, 0.4) is 0 Å². The summed E-state index contributed by atoms with van der Waals surface area (Å²) in [5.41, 5.74) is 0. The van der Waals surface area contributed by atoms with Crippen molar-refractivity contribution in [3.05, 3.63) is 0 Å². The van der Waals surface area contributed by atoms with Crippen LogP contribution >= 0.6 is 0 Å². The minimum atomic E-state index is -3.84. The van der Waals surface area contributed by atoms with Gasteiger partial charge in [-0.2, -0.15) is 0 Å². The minimum Gasteiger partial charge on any atom is -0.480 e. The van der Waals surface area contributed by atoms with Gasteiger partial charge in [0.15, 0.2) is 5.75 Å². The number of rotatable bonds is 4. The summed E-state index contributed by atoms with van der Waals surface area (Å²) in [4.78, 5) is 21.8. The third kappa shape index (κ3) is 3.16. The molecule has 0 bridgehead atoms. The topological polar surface area (TPSA) is 101 Å². The first-order valence-electron chi connectivity index (χ1n) is 5.05. The van der Waals surface area contributed by atoms with Crippen LogP contribution in [0, 0.1) is 11.8 Å². The van der Waals surface area contributed by atoms with Gasteiger partial charge in [0.1, 0.15) is 0 Å². The molecule has 1 fully saturated rings. The normalized spacial score (nSPS) is 25.8. The summed E-state index contributed by atoms with van der Waals surface area (Å²) in [6.07, 6.45) is 0. The number of esters is 1. The Kier molecular flexibility index (Phi) is 4.10. The van der Waals surface area contributed by atoms with E-state index in [-0.39, 0.29) is 19.0 Å². The third-order valence-electron chi connectivity index (χ3n) is 2.78. The Morgan fingerprint density at radius 3 is 2.47 bits per heavy atom. The van der Waals surface area contributed by atoms with E-state index in [4.69, 9.17) is 5.11 Å². The van der Waals surface area contributed by atoms with Crippen LogP contribution in [0.4, 0.5) is 0 Å². The molecule has 1 rings (SSSR count). The van der Waals surface area contributed by atoms with Crippen molar-refractivity contribution < 1.29 is 27.9 Å². The Hall–Kier alpha value is -1.15. The number of carbonyl (C=O) groups excluding carboxylic acids is 1. The van der Waals surface area contributed by atoms with Gasteiger partial charge in [0.05, 0.1) is 13.0 Å². The number of ether oxygens (including phenoxy) is 1. The van der Waals surface area contributed by atoms with Crippen molar-refractivity contribution in [2.24, 2.45) is 11.8 Å². The highest BCUT2D eigenvalue weighted by molar-refractivity contribution is 7.89. The van der Waals surface area contributed by atoms with E-state index < -0.39 is 33.6 Å². The average molecular weight is 265 g/mol. The number of carboxylic acid groups (broad SMARTS) is 1. The molecular formula is C9H15NO6S. The molecule has 7 nitrogen and oxygen atoms in total. The van der Waals surface area contributed by atoms with Crippen LogP contribution < -0.4 is 0 Å². The van der Waals surface area contributed by atoms with Crippen LogP contribution in [0.1, 0.15) is 6.92 Å². The molecule has 0 aliphatic carbocycles. The Morgan fingerprint density at radius 1 is 1.41 bits per heavy atom. The van der Waals surface area contributed by atoms with Crippen molar-refractivity contribution in [1.82, 2.24) is 4.31 Å². The standard InChI is InChI=1S/C9H15NO6S/c1-6-3-10(4-7(6)9(13)16-2)17(14,15)5-8(11)12/h6-7H,3-5H2,1-2H3,(H,11,12). The van der Waals surface area contributed by atoms with E-state index >= 15 is 0 Å². The van der Waals surface area contributed by atoms with Crippen LogP contribution in [-0.4, -0.2) is 55.7 Å². The maximum Gasteiger partial charge on any atom is 0.320 e. The van der Waals surface area contributed by atoms with E-state index in [0.29, 0.717) is 0 Å². The van der Waals surface area contributed by atoms with Crippen molar-refractivity contribution in [2.75, 3.05) is 26.0 Å². The summed E-state index contributed by atoms with van der Waals surface area (Å²) in [6.45, 7) is 1.87. The molecule has 98 valence electrons. The number of nitrogens with zero attached hydrogens (tertiary/aromatic N) is 1. The number of sulfonamides is 1. The monoisotopic (exact) mass is 265 g/mol. The van der Waals surface area contributed by atoms with Crippen LogP contribution in [0.25, 0.3) is 0 Å². The van der Waals surface area contributed by atoms with Crippen molar-refractivity contribution in [2.45, 2.75) is 6.92 Å². The van der Waals surface area contributed by atoms with E-state index in [9.17, 15) is 18.0 Å². The quantitative estimate of drug-likeness (QED) is 0.664. The first-order valence-corrected chi connectivity index (χ1v) is 6.66. The fraction of sp³-hybridized carbons (Fsp3) is 0.778. The fourth-order valence-electron chi connectivity index (χ4n) is 1.85. The zero-order chi connectivity index (χ0) is 13.2. The SMILES string of the molecule is COC(=O)C1CN(S(=O)(=O)CC(=O)O)CC1C. The molecule has 1 saturated heterocycles. The van der Waals surface area contributed by atoms with E-state index in [1.807, 2.05) is 0 Å². The molecule has 1 N–H and O–H groups in total. The fourth-order valence-corrected chi connectivity index (χ4v) is 3.20. The maximum atomic E-state index is 11.6. The predicted octanol–water partition coefficient (Wildman–Crippen LogP) is -0.858. The summed E-state index contributed by atoms with van der Waals surface area (Å²) >= 11 is 0. The summed E-state index contributed by atoms with van der Waals surface area (Å²) in [7, 11) is -2.60. The van der Waals surface area contributed by atoms with Gasteiger partial charge in [-0.05, 0) is 5.92 Å². The minimum absolute atomic E-state index is 0.0105. The van der Waals surface area contributed by atoms with E-state index in [1.165, 1.54) is 7.11 Å². The molecule has 0 amide bonds. The second-order valence-electron chi connectivity index (χ2n) is 4.07. The zero-order valence-corrected chi connectivity index (χ0v) is 10.4. The molecule has 8 heteroatoms. The molecule has 0 spiro atoms. The number of methoxy groups -OCH3 is 1. The number of carboxylic acids is 1. The molecular weight excluding hydrogens is 250 g/mol. The number of aliphatic carboxylic acids is 1. The van der Waals surface area contributed by atoms with Gasteiger partial charge in [0, 0.05) is 13.1 Å². The van der Waals surface area contributed by atoms with Crippen LogP contribution in [-0.2, 0) is 24.3 Å². The molecule has 0 radical (unpaired) electrons. The molecule has 0 aromatic heterocycles. The summed E-state index contributed by atoms with van der Waals surface area (Å²) in [6, 6.07) is 0. The largest absolute Gasteiger partial charge is 0.480 e. The first kappa shape index (κ1) is 13.9. The number of carbonyl (C=O) groups is 2. The average Bonchev–Trinajstić information content (AvgIpc) is 2.58. The predicted molar refractivity (Wildman–Crippen MR) is 57.7 cm³/mol. The number of hydrogen-bond donors (Lipinski definition) is 1. The van der Waals surface area contributed by atoms with Crippen LogP contribution in [0.2, 0.25) is 0 Å². The molecule has 17 heavy (non-hydrogen) atoms. The third-order valence-corrected chi connectivity index (χ3v) is 4.48. The van der Waals surface area contributed by atoms with E-state index in [1.54, 1.807) is 6.92 Å². The lowest BCUT2D eigenvalue weighted by Crippen LogP contribution is -2.34. The summed E-state index contributed by atoms with van der Waals surface area (Å²) in [5, 5.41) is 8.50. The van der Waals surface area contributed by atoms with Crippen LogP contribution in [0.15, 0.2) is 0 Å². The molecule has 2 atom stereocenters. The highest BCUT2D eigenvalue weighted by atomic mass is 32.2. The Morgan fingerprint density at radius 2 is 2.00 bits per heavy atom. The lowest BCUT2D eigenvalue weighted by Gasteiger charge is -2.14. The van der Waals surface area contributed by atoms with Gasteiger partial charge in [-0.15, -0.1) is 0 Å². The highest BCUT2D eigenvalue weighted by Gasteiger charge is 2.41. The summed E-state index contributed by atoms with van der Waals surface area (Å²) in [5.74, 6) is -3.52. The van der Waals surface area contributed by atoms with Crippen molar-refractivity contribution in [1.29, 1.82) is 0 Å². The number of hydrogen-bond acceptors (Lipinski definition) is 5. The smallest absolute Gasteiger partial charge is 0.320 e. The maximum absolute atomic E-state index is 11.6. The van der Waals surface area contributed by atoms with Gasteiger partial charge in [0.25, 0.3) is 0 Å². The lowest BCUT2D eigenvalue weighted by atomic mass is 9.99. The molecule has 2 unspecified atom stereocenters. The van der Waals surface area contributed by atoms with Gasteiger partial charge in [-0.3, -0.25) is 9.59 Å². The van der Waals surface area contributed by atoms with Gasteiger partial charge in [0.2, 0.25) is 10.0 Å². The van der Waals surface area contributed by atoms with Crippen molar-refractivity contribution in [3.63, 3.8) is 0 Å². The van der Waals surface area contributed by atoms with Gasteiger partial charge < -0.3 is 9.84 Å². The summed E-state index contributed by atoms with van der Waals surface area (Å²) < 4.78 is 28.9. The van der Waals surface area contributed by atoms with Gasteiger partial charge in [-0.1, -0.05) is 6.92 Å². The molecule has 0 aromatic carbocycles. The second kappa shape index (κ2) is 5.01.